The number of benzene rings is 1. The molecule has 2 heterocycles. The molecule has 0 bridgehead atoms. The van der Waals surface area contributed by atoms with Gasteiger partial charge in [0, 0.05) is 7.05 Å². The van der Waals surface area contributed by atoms with Crippen LogP contribution >= 0.6 is 15.9 Å². The fourth-order valence-corrected chi connectivity index (χ4v) is 4.08. The third-order valence-electron chi connectivity index (χ3n) is 5.06. The van der Waals surface area contributed by atoms with E-state index in [-0.39, 0.29) is 23.8 Å². The number of hydrogen-bond donors (Lipinski definition) is 1. The second kappa shape index (κ2) is 6.56. The lowest BCUT2D eigenvalue weighted by atomic mass is 9.72. The van der Waals surface area contributed by atoms with Gasteiger partial charge in [-0.3, -0.25) is 14.2 Å². The SMILES string of the molecule is Cn1nc(Br)c2c(=O)n(CC(=O)NC3(c4ccc(F)cc4)CCC3)cnc21. The highest BCUT2D eigenvalue weighted by molar-refractivity contribution is 9.10. The van der Waals surface area contributed by atoms with E-state index < -0.39 is 5.54 Å². The Hall–Kier alpha value is -2.55. The summed E-state index contributed by atoms with van der Waals surface area (Å²) in [5, 5.41) is 7.49. The molecule has 0 atom stereocenters. The second-order valence-corrected chi connectivity index (χ2v) is 7.53. The van der Waals surface area contributed by atoms with E-state index in [0.29, 0.717) is 15.6 Å². The molecular formula is C18H17BrFN5O2. The van der Waals surface area contributed by atoms with Crippen LogP contribution in [0.3, 0.4) is 0 Å². The van der Waals surface area contributed by atoms with Crippen molar-refractivity contribution in [3.8, 4) is 0 Å². The second-order valence-electron chi connectivity index (χ2n) is 6.78. The van der Waals surface area contributed by atoms with E-state index in [9.17, 15) is 14.0 Å². The zero-order valence-electron chi connectivity index (χ0n) is 14.6. The van der Waals surface area contributed by atoms with Gasteiger partial charge in [0.2, 0.25) is 5.91 Å². The first-order chi connectivity index (χ1) is 12.9. The number of nitrogens with one attached hydrogen (secondary N) is 1. The molecule has 1 aliphatic carbocycles. The van der Waals surface area contributed by atoms with Crippen molar-refractivity contribution in [2.75, 3.05) is 0 Å². The Balaban J connectivity index is 1.58. The third-order valence-corrected chi connectivity index (χ3v) is 5.62. The number of hydrogen-bond acceptors (Lipinski definition) is 4. The van der Waals surface area contributed by atoms with E-state index >= 15 is 0 Å². The number of rotatable bonds is 4. The number of fused-ring (bicyclic) bond motifs is 1. The topological polar surface area (TPSA) is 81.8 Å². The van der Waals surface area contributed by atoms with Crippen LogP contribution < -0.4 is 10.9 Å². The van der Waals surface area contributed by atoms with Gasteiger partial charge in [-0.2, -0.15) is 5.10 Å². The van der Waals surface area contributed by atoms with Crippen LogP contribution in [0.15, 0.2) is 40.0 Å². The van der Waals surface area contributed by atoms with Gasteiger partial charge in [-0.1, -0.05) is 12.1 Å². The first-order valence-electron chi connectivity index (χ1n) is 8.54. The number of aromatic nitrogens is 4. The van der Waals surface area contributed by atoms with Crippen LogP contribution in [0, 0.1) is 5.82 Å². The molecule has 0 aliphatic heterocycles. The first-order valence-corrected chi connectivity index (χ1v) is 9.34. The molecule has 9 heteroatoms. The van der Waals surface area contributed by atoms with Gasteiger partial charge in [-0.15, -0.1) is 0 Å². The Labute approximate surface area is 162 Å². The lowest BCUT2D eigenvalue weighted by Crippen LogP contribution is -2.52. The molecular weight excluding hydrogens is 417 g/mol. The van der Waals surface area contributed by atoms with E-state index in [1.54, 1.807) is 19.2 Å². The molecule has 0 spiro atoms. The largest absolute Gasteiger partial charge is 0.345 e. The average molecular weight is 434 g/mol. The Morgan fingerprint density at radius 2 is 2.04 bits per heavy atom. The first kappa shape index (κ1) is 17.8. The summed E-state index contributed by atoms with van der Waals surface area (Å²) in [6, 6.07) is 6.18. The smallest absolute Gasteiger partial charge is 0.266 e. The maximum atomic E-state index is 13.2. The lowest BCUT2D eigenvalue weighted by Gasteiger charge is -2.43. The van der Waals surface area contributed by atoms with Gasteiger partial charge in [0.15, 0.2) is 5.65 Å². The molecule has 1 N–H and O–H groups in total. The van der Waals surface area contributed by atoms with E-state index in [1.807, 2.05) is 0 Å². The van der Waals surface area contributed by atoms with Gasteiger partial charge < -0.3 is 5.32 Å². The maximum Gasteiger partial charge on any atom is 0.266 e. The zero-order chi connectivity index (χ0) is 19.2. The van der Waals surface area contributed by atoms with Crippen molar-refractivity contribution in [1.29, 1.82) is 0 Å². The third kappa shape index (κ3) is 3.05. The highest BCUT2D eigenvalue weighted by Gasteiger charge is 2.40. The molecule has 0 unspecified atom stereocenters. The van der Waals surface area contributed by atoms with Crippen molar-refractivity contribution < 1.29 is 9.18 Å². The van der Waals surface area contributed by atoms with Crippen LogP contribution in [0.5, 0.6) is 0 Å². The molecule has 1 fully saturated rings. The molecule has 140 valence electrons. The molecule has 1 saturated carbocycles. The Morgan fingerprint density at radius 1 is 1.33 bits per heavy atom. The van der Waals surface area contributed by atoms with Gasteiger partial charge in [-0.05, 0) is 52.9 Å². The summed E-state index contributed by atoms with van der Waals surface area (Å²) in [5.41, 5.74) is 0.491. The molecule has 0 saturated heterocycles. The minimum Gasteiger partial charge on any atom is -0.345 e. The van der Waals surface area contributed by atoms with Crippen molar-refractivity contribution in [3.05, 3.63) is 56.9 Å². The summed E-state index contributed by atoms with van der Waals surface area (Å²) in [7, 11) is 1.69. The molecule has 4 rings (SSSR count). The van der Waals surface area contributed by atoms with Crippen LogP contribution in [0.2, 0.25) is 0 Å². The lowest BCUT2D eigenvalue weighted by molar-refractivity contribution is -0.125. The molecule has 1 aliphatic rings. The fourth-order valence-electron chi connectivity index (χ4n) is 3.49. The van der Waals surface area contributed by atoms with Crippen molar-refractivity contribution in [2.24, 2.45) is 7.05 Å². The summed E-state index contributed by atoms with van der Waals surface area (Å²) < 4.78 is 16.4. The normalized spacial score (nSPS) is 15.5. The minimum atomic E-state index is -0.499. The van der Waals surface area contributed by atoms with Gasteiger partial charge in [0.1, 0.15) is 28.7 Å². The van der Waals surface area contributed by atoms with Crippen LogP contribution in [0.4, 0.5) is 4.39 Å². The van der Waals surface area contributed by atoms with Gasteiger partial charge in [0.25, 0.3) is 5.56 Å². The van der Waals surface area contributed by atoms with Gasteiger partial charge >= 0.3 is 0 Å². The summed E-state index contributed by atoms with van der Waals surface area (Å²) in [5.74, 6) is -0.602. The van der Waals surface area contributed by atoms with Crippen molar-refractivity contribution in [2.45, 2.75) is 31.3 Å². The molecule has 1 amide bonds. The van der Waals surface area contributed by atoms with Crippen LogP contribution in [-0.2, 0) is 23.9 Å². The molecule has 7 nitrogen and oxygen atoms in total. The monoisotopic (exact) mass is 433 g/mol. The molecule has 3 aromatic rings. The summed E-state index contributed by atoms with van der Waals surface area (Å²) in [6.45, 7) is -0.147. The van der Waals surface area contributed by atoms with E-state index in [0.717, 1.165) is 24.8 Å². The molecule has 27 heavy (non-hydrogen) atoms. The quantitative estimate of drug-likeness (QED) is 0.683. The van der Waals surface area contributed by atoms with Crippen molar-refractivity contribution >= 4 is 32.9 Å². The highest BCUT2D eigenvalue weighted by Crippen LogP contribution is 2.41. The summed E-state index contributed by atoms with van der Waals surface area (Å²) >= 11 is 3.26. The average Bonchev–Trinajstić information content (AvgIpc) is 2.89. The molecule has 2 aromatic heterocycles. The van der Waals surface area contributed by atoms with E-state index in [4.69, 9.17) is 0 Å². The molecule has 1 aromatic carbocycles. The highest BCUT2D eigenvalue weighted by atomic mass is 79.9. The maximum absolute atomic E-state index is 13.2. The van der Waals surface area contributed by atoms with Crippen LogP contribution in [0.1, 0.15) is 24.8 Å². The summed E-state index contributed by atoms with van der Waals surface area (Å²) in [4.78, 5) is 29.5. The minimum absolute atomic E-state index is 0.147. The van der Waals surface area contributed by atoms with E-state index in [1.165, 1.54) is 27.7 Å². The van der Waals surface area contributed by atoms with Crippen LogP contribution in [0.25, 0.3) is 11.0 Å². The number of halogens is 2. The van der Waals surface area contributed by atoms with Crippen molar-refractivity contribution in [1.82, 2.24) is 24.6 Å². The number of amides is 1. The van der Waals surface area contributed by atoms with Crippen LogP contribution in [-0.4, -0.2) is 25.2 Å². The Kier molecular flexibility index (Phi) is 4.33. The number of carbonyl (C=O) groups is 1. The number of nitrogens with zero attached hydrogens (tertiary/aromatic N) is 4. The van der Waals surface area contributed by atoms with Gasteiger partial charge in [0.05, 0.1) is 5.54 Å². The summed E-state index contributed by atoms with van der Waals surface area (Å²) in [6.07, 6.45) is 3.90. The number of carbonyl (C=O) groups excluding carboxylic acids is 1. The van der Waals surface area contributed by atoms with Gasteiger partial charge in [-0.25, -0.2) is 14.1 Å². The predicted molar refractivity (Wildman–Crippen MR) is 101 cm³/mol. The number of aryl methyl sites for hydroxylation is 1. The Morgan fingerprint density at radius 3 is 2.67 bits per heavy atom. The fraction of sp³-hybridized carbons (Fsp3) is 0.333. The zero-order valence-corrected chi connectivity index (χ0v) is 16.2. The standard InChI is InChI=1S/C18H17BrFN5O2/c1-24-16-14(15(19)23-24)17(27)25(10-21-16)9-13(26)22-18(7-2-8-18)11-3-5-12(20)6-4-11/h3-6,10H,2,7-9H2,1H3,(H,22,26). The van der Waals surface area contributed by atoms with E-state index in [2.05, 4.69) is 31.3 Å². The predicted octanol–water partition coefficient (Wildman–Crippen LogP) is 2.23. The van der Waals surface area contributed by atoms with Crippen molar-refractivity contribution in [3.63, 3.8) is 0 Å². The Bertz CT molecular complexity index is 1090. The molecule has 0 radical (unpaired) electrons.